The van der Waals surface area contributed by atoms with Crippen LogP contribution in [0.1, 0.15) is 31.5 Å². The second kappa shape index (κ2) is 5.72. The van der Waals surface area contributed by atoms with E-state index in [1.54, 1.807) is 6.20 Å². The van der Waals surface area contributed by atoms with E-state index in [2.05, 4.69) is 45.8 Å². The summed E-state index contributed by atoms with van der Waals surface area (Å²) in [6.07, 6.45) is 3.19. The second-order valence-electron chi connectivity index (χ2n) is 5.96. The fourth-order valence-electron chi connectivity index (χ4n) is 2.69. The van der Waals surface area contributed by atoms with Crippen LogP contribution in [-0.2, 0) is 17.8 Å². The Kier molecular flexibility index (Phi) is 3.93. The first-order valence-electron chi connectivity index (χ1n) is 7.25. The molecule has 0 saturated heterocycles. The highest BCUT2D eigenvalue weighted by molar-refractivity contribution is 9.10. The lowest BCUT2D eigenvalue weighted by Gasteiger charge is -2.29. The van der Waals surface area contributed by atoms with Crippen molar-refractivity contribution in [2.24, 2.45) is 5.92 Å². The molecule has 0 atom stereocenters. The van der Waals surface area contributed by atoms with Gasteiger partial charge in [0.05, 0.1) is 0 Å². The zero-order chi connectivity index (χ0) is 15.0. The van der Waals surface area contributed by atoms with Gasteiger partial charge in [0.2, 0.25) is 5.91 Å². The van der Waals surface area contributed by atoms with Gasteiger partial charge in [-0.3, -0.25) is 4.79 Å². The molecule has 2 aromatic rings. The van der Waals surface area contributed by atoms with Crippen LogP contribution < -0.4 is 0 Å². The van der Waals surface area contributed by atoms with E-state index in [-0.39, 0.29) is 5.91 Å². The highest BCUT2D eigenvalue weighted by Gasteiger charge is 2.22. The molecule has 110 valence electrons. The zero-order valence-corrected chi connectivity index (χ0v) is 13.9. The summed E-state index contributed by atoms with van der Waals surface area (Å²) in [5, 5.41) is 1.02. The van der Waals surface area contributed by atoms with Crippen molar-refractivity contribution in [1.82, 2.24) is 14.9 Å². The molecule has 0 bridgehead atoms. The van der Waals surface area contributed by atoms with Crippen molar-refractivity contribution >= 4 is 32.9 Å². The van der Waals surface area contributed by atoms with Crippen molar-refractivity contribution in [2.45, 2.75) is 33.2 Å². The summed E-state index contributed by atoms with van der Waals surface area (Å²) in [6.45, 7) is 5.58. The average Bonchev–Trinajstić information content (AvgIpc) is 2.43. The number of amides is 1. The molecule has 0 N–H and O–H groups in total. The quantitative estimate of drug-likeness (QED) is 0.836. The molecule has 0 spiro atoms. The number of hydrogen-bond acceptors (Lipinski definition) is 3. The van der Waals surface area contributed by atoms with Crippen LogP contribution in [0.2, 0.25) is 0 Å². The predicted octanol–water partition coefficient (Wildman–Crippen LogP) is 3.32. The first-order valence-corrected chi connectivity index (χ1v) is 8.04. The molecule has 0 radical (unpaired) electrons. The number of rotatable bonds is 2. The van der Waals surface area contributed by atoms with Crippen LogP contribution in [0.3, 0.4) is 0 Å². The van der Waals surface area contributed by atoms with Crippen LogP contribution in [-0.4, -0.2) is 27.3 Å². The maximum Gasteiger partial charge on any atom is 0.223 e. The lowest BCUT2D eigenvalue weighted by molar-refractivity contribution is -0.132. The molecule has 3 rings (SSSR count). The summed E-state index contributed by atoms with van der Waals surface area (Å²) >= 11 is 3.44. The Balaban J connectivity index is 1.89. The SMILES string of the molecule is CC(C)CC(=O)N1CCc2nc3ncc(Br)cc3cc2C1. The molecule has 0 unspecified atom stereocenters. The number of carbonyl (C=O) groups excluding carboxylic acids is 1. The summed E-state index contributed by atoms with van der Waals surface area (Å²) in [4.78, 5) is 23.2. The van der Waals surface area contributed by atoms with Crippen LogP contribution in [0, 0.1) is 5.92 Å². The highest BCUT2D eigenvalue weighted by Crippen LogP contribution is 2.24. The molecule has 21 heavy (non-hydrogen) atoms. The normalized spacial score (nSPS) is 14.6. The first-order chi connectivity index (χ1) is 10.0. The van der Waals surface area contributed by atoms with Crippen LogP contribution in [0.5, 0.6) is 0 Å². The maximum atomic E-state index is 12.2. The number of hydrogen-bond donors (Lipinski definition) is 0. The Morgan fingerprint density at radius 2 is 2.24 bits per heavy atom. The molecule has 0 saturated carbocycles. The topological polar surface area (TPSA) is 46.1 Å². The van der Waals surface area contributed by atoms with Crippen molar-refractivity contribution < 1.29 is 4.79 Å². The van der Waals surface area contributed by atoms with E-state index in [4.69, 9.17) is 0 Å². The summed E-state index contributed by atoms with van der Waals surface area (Å²) in [7, 11) is 0. The molecular weight excluding hydrogens is 330 g/mol. The van der Waals surface area contributed by atoms with Crippen molar-refractivity contribution in [3.8, 4) is 0 Å². The monoisotopic (exact) mass is 347 g/mol. The minimum Gasteiger partial charge on any atom is -0.338 e. The molecular formula is C16H18BrN3O. The van der Waals surface area contributed by atoms with Gasteiger partial charge < -0.3 is 4.90 Å². The molecule has 0 aromatic carbocycles. The lowest BCUT2D eigenvalue weighted by atomic mass is 10.0. The third kappa shape index (κ3) is 3.07. The van der Waals surface area contributed by atoms with Gasteiger partial charge in [0.25, 0.3) is 0 Å². The zero-order valence-electron chi connectivity index (χ0n) is 12.3. The second-order valence-corrected chi connectivity index (χ2v) is 6.87. The lowest BCUT2D eigenvalue weighted by Crippen LogP contribution is -2.36. The summed E-state index contributed by atoms with van der Waals surface area (Å²) in [5.74, 6) is 0.636. The Bertz CT molecular complexity index is 699. The van der Waals surface area contributed by atoms with Gasteiger partial charge in [0.15, 0.2) is 5.65 Å². The van der Waals surface area contributed by atoms with E-state index < -0.39 is 0 Å². The van der Waals surface area contributed by atoms with Crippen molar-refractivity contribution in [1.29, 1.82) is 0 Å². The van der Waals surface area contributed by atoms with Crippen LogP contribution in [0.4, 0.5) is 0 Å². The molecule has 1 aliphatic heterocycles. The number of aromatic nitrogens is 2. The molecule has 4 nitrogen and oxygen atoms in total. The minimum atomic E-state index is 0.239. The van der Waals surface area contributed by atoms with Gasteiger partial charge in [-0.25, -0.2) is 9.97 Å². The van der Waals surface area contributed by atoms with E-state index in [0.29, 0.717) is 18.9 Å². The minimum absolute atomic E-state index is 0.239. The summed E-state index contributed by atoms with van der Waals surface area (Å²) in [6, 6.07) is 4.13. The smallest absolute Gasteiger partial charge is 0.223 e. The number of fused-ring (bicyclic) bond motifs is 2. The van der Waals surface area contributed by atoms with Gasteiger partial charge in [-0.05, 0) is 39.5 Å². The molecule has 0 fully saturated rings. The van der Waals surface area contributed by atoms with E-state index in [0.717, 1.165) is 39.7 Å². The number of nitrogens with zero attached hydrogens (tertiary/aromatic N) is 3. The molecule has 1 aliphatic rings. The Morgan fingerprint density at radius 1 is 1.43 bits per heavy atom. The van der Waals surface area contributed by atoms with Gasteiger partial charge in [-0.15, -0.1) is 0 Å². The Labute approximate surface area is 132 Å². The van der Waals surface area contributed by atoms with Gasteiger partial charge >= 0.3 is 0 Å². The van der Waals surface area contributed by atoms with Gasteiger partial charge in [-0.2, -0.15) is 0 Å². The summed E-state index contributed by atoms with van der Waals surface area (Å²) in [5.41, 5.74) is 3.00. The Morgan fingerprint density at radius 3 is 3.00 bits per heavy atom. The highest BCUT2D eigenvalue weighted by atomic mass is 79.9. The number of halogens is 1. The van der Waals surface area contributed by atoms with Crippen LogP contribution in [0.15, 0.2) is 22.8 Å². The fourth-order valence-corrected chi connectivity index (χ4v) is 3.04. The van der Waals surface area contributed by atoms with E-state index in [1.807, 2.05) is 11.0 Å². The molecule has 0 aliphatic carbocycles. The van der Waals surface area contributed by atoms with E-state index in [1.165, 1.54) is 0 Å². The number of pyridine rings is 2. The van der Waals surface area contributed by atoms with E-state index >= 15 is 0 Å². The van der Waals surface area contributed by atoms with E-state index in [9.17, 15) is 4.79 Å². The van der Waals surface area contributed by atoms with Crippen LogP contribution in [0.25, 0.3) is 11.0 Å². The molecule has 5 heteroatoms. The maximum absolute atomic E-state index is 12.2. The van der Waals surface area contributed by atoms with Crippen molar-refractivity contribution in [3.05, 3.63) is 34.1 Å². The largest absolute Gasteiger partial charge is 0.338 e. The third-order valence-electron chi connectivity index (χ3n) is 3.72. The summed E-state index contributed by atoms with van der Waals surface area (Å²) < 4.78 is 0.945. The third-order valence-corrected chi connectivity index (χ3v) is 4.15. The van der Waals surface area contributed by atoms with Crippen LogP contribution >= 0.6 is 15.9 Å². The number of carbonyl (C=O) groups is 1. The average molecular weight is 348 g/mol. The predicted molar refractivity (Wildman–Crippen MR) is 85.8 cm³/mol. The molecule has 3 heterocycles. The fraction of sp³-hybridized carbons (Fsp3) is 0.438. The van der Waals surface area contributed by atoms with Gasteiger partial charge in [0.1, 0.15) is 0 Å². The Hall–Kier alpha value is -1.49. The van der Waals surface area contributed by atoms with Gasteiger partial charge in [-0.1, -0.05) is 13.8 Å². The first kappa shape index (κ1) is 14.4. The van der Waals surface area contributed by atoms with Crippen molar-refractivity contribution in [3.63, 3.8) is 0 Å². The standard InChI is InChI=1S/C16H18BrN3O/c1-10(2)5-15(21)20-4-3-14-12(9-20)6-11-7-13(17)8-18-16(11)19-14/h6-8,10H,3-5,9H2,1-2H3. The molecule has 2 aromatic heterocycles. The van der Waals surface area contributed by atoms with Crippen molar-refractivity contribution in [2.75, 3.05) is 6.54 Å². The molecule has 1 amide bonds. The van der Waals surface area contributed by atoms with Gasteiger partial charge in [0, 0.05) is 47.7 Å².